The van der Waals surface area contributed by atoms with E-state index in [1.54, 1.807) is 32.2 Å². The zero-order chi connectivity index (χ0) is 14.0. The van der Waals surface area contributed by atoms with Gasteiger partial charge in [-0.05, 0) is 24.6 Å². The van der Waals surface area contributed by atoms with Crippen molar-refractivity contribution in [2.45, 2.75) is 6.92 Å². The molecule has 2 N–H and O–H groups in total. The summed E-state index contributed by atoms with van der Waals surface area (Å²) >= 11 is 0. The Morgan fingerprint density at radius 1 is 1.26 bits per heavy atom. The zero-order valence-electron chi connectivity index (χ0n) is 10.7. The lowest BCUT2D eigenvalue weighted by atomic mass is 10.2. The van der Waals surface area contributed by atoms with Crippen LogP contribution in [0.15, 0.2) is 41.3 Å². The number of pyridine rings is 1. The van der Waals surface area contributed by atoms with Crippen LogP contribution in [0.1, 0.15) is 15.9 Å². The fraction of sp³-hybridized carbons (Fsp3) is 0.143. The van der Waals surface area contributed by atoms with Gasteiger partial charge >= 0.3 is 0 Å². The van der Waals surface area contributed by atoms with Crippen molar-refractivity contribution >= 4 is 11.6 Å². The normalized spacial score (nSPS) is 10.2. The molecule has 0 saturated carbocycles. The van der Waals surface area contributed by atoms with Gasteiger partial charge in [0.1, 0.15) is 5.75 Å². The molecule has 0 aliphatic heterocycles. The van der Waals surface area contributed by atoms with E-state index in [1.165, 1.54) is 22.9 Å². The maximum Gasteiger partial charge on any atom is 0.255 e. The third-order valence-corrected chi connectivity index (χ3v) is 2.83. The molecular weight excluding hydrogens is 244 g/mol. The third-order valence-electron chi connectivity index (χ3n) is 2.83. The Labute approximate surface area is 110 Å². The summed E-state index contributed by atoms with van der Waals surface area (Å²) in [6.07, 6.45) is 1.53. The number of phenolic OH excluding ortho intramolecular Hbond substituents is 1. The van der Waals surface area contributed by atoms with Gasteiger partial charge in [0.25, 0.3) is 11.5 Å². The Kier molecular flexibility index (Phi) is 3.37. The molecule has 0 aliphatic rings. The van der Waals surface area contributed by atoms with Gasteiger partial charge in [0.15, 0.2) is 0 Å². The summed E-state index contributed by atoms with van der Waals surface area (Å²) in [4.78, 5) is 23.4. The van der Waals surface area contributed by atoms with Crippen molar-refractivity contribution in [1.82, 2.24) is 4.57 Å². The van der Waals surface area contributed by atoms with Gasteiger partial charge in [-0.25, -0.2) is 0 Å². The first-order valence-corrected chi connectivity index (χ1v) is 5.75. The molecule has 0 aliphatic carbocycles. The number of benzene rings is 1. The number of nitrogens with one attached hydrogen (secondary N) is 1. The molecule has 0 spiro atoms. The minimum Gasteiger partial charge on any atom is -0.508 e. The fourth-order valence-electron chi connectivity index (χ4n) is 1.58. The Morgan fingerprint density at radius 2 is 2.00 bits per heavy atom. The summed E-state index contributed by atoms with van der Waals surface area (Å²) < 4.78 is 1.38. The number of carbonyl (C=O) groups is 1. The maximum atomic E-state index is 11.9. The summed E-state index contributed by atoms with van der Waals surface area (Å²) in [7, 11) is 1.61. The fourth-order valence-corrected chi connectivity index (χ4v) is 1.58. The number of anilines is 1. The highest BCUT2D eigenvalue weighted by Crippen LogP contribution is 2.21. The maximum absolute atomic E-state index is 11.9. The molecule has 0 radical (unpaired) electrons. The van der Waals surface area contributed by atoms with Crippen molar-refractivity contribution < 1.29 is 9.90 Å². The van der Waals surface area contributed by atoms with Gasteiger partial charge in [-0.1, -0.05) is 6.07 Å². The molecule has 1 aromatic heterocycles. The van der Waals surface area contributed by atoms with Crippen LogP contribution in [0.3, 0.4) is 0 Å². The minimum absolute atomic E-state index is 0.113. The van der Waals surface area contributed by atoms with Crippen molar-refractivity contribution in [3.8, 4) is 5.75 Å². The standard InChI is InChI=1S/C14H14N2O3/c1-9-3-4-11(8-12(9)17)15-14(19)10-5-6-16(2)13(18)7-10/h3-8,17H,1-2H3,(H,15,19). The molecule has 98 valence electrons. The smallest absolute Gasteiger partial charge is 0.255 e. The number of aromatic hydroxyl groups is 1. The largest absolute Gasteiger partial charge is 0.508 e. The van der Waals surface area contributed by atoms with Crippen molar-refractivity contribution in [2.24, 2.45) is 7.05 Å². The Hall–Kier alpha value is -2.56. The molecule has 1 amide bonds. The van der Waals surface area contributed by atoms with Gasteiger partial charge in [0.05, 0.1) is 0 Å². The van der Waals surface area contributed by atoms with E-state index in [1.807, 2.05) is 0 Å². The average molecular weight is 258 g/mol. The van der Waals surface area contributed by atoms with Crippen LogP contribution in [-0.4, -0.2) is 15.6 Å². The molecule has 1 heterocycles. The molecule has 19 heavy (non-hydrogen) atoms. The molecule has 2 rings (SSSR count). The molecule has 0 bridgehead atoms. The topological polar surface area (TPSA) is 71.3 Å². The Balaban J connectivity index is 2.23. The first kappa shape index (κ1) is 12.9. The Morgan fingerprint density at radius 3 is 2.63 bits per heavy atom. The van der Waals surface area contributed by atoms with Gasteiger partial charge in [0.2, 0.25) is 0 Å². The second kappa shape index (κ2) is 4.97. The average Bonchev–Trinajstić information content (AvgIpc) is 2.37. The molecule has 0 atom stereocenters. The van der Waals surface area contributed by atoms with E-state index in [9.17, 15) is 14.7 Å². The van der Waals surface area contributed by atoms with E-state index in [0.29, 0.717) is 5.69 Å². The van der Waals surface area contributed by atoms with Crippen molar-refractivity contribution in [3.63, 3.8) is 0 Å². The van der Waals surface area contributed by atoms with E-state index < -0.39 is 0 Å². The molecule has 1 aromatic carbocycles. The predicted molar refractivity (Wildman–Crippen MR) is 72.5 cm³/mol. The summed E-state index contributed by atoms with van der Waals surface area (Å²) in [5.41, 5.74) is 1.24. The van der Waals surface area contributed by atoms with Crippen molar-refractivity contribution in [1.29, 1.82) is 0 Å². The molecular formula is C14H14N2O3. The van der Waals surface area contributed by atoms with Crippen LogP contribution in [0.5, 0.6) is 5.75 Å². The van der Waals surface area contributed by atoms with Crippen molar-refractivity contribution in [3.05, 3.63) is 58.0 Å². The molecule has 2 aromatic rings. The van der Waals surface area contributed by atoms with Gasteiger partial charge in [0, 0.05) is 36.6 Å². The van der Waals surface area contributed by atoms with Crippen LogP contribution in [0, 0.1) is 6.92 Å². The van der Waals surface area contributed by atoms with Crippen LogP contribution in [-0.2, 0) is 7.05 Å². The summed E-state index contributed by atoms with van der Waals surface area (Å²) in [6, 6.07) is 7.69. The zero-order valence-corrected chi connectivity index (χ0v) is 10.7. The van der Waals surface area contributed by atoms with Gasteiger partial charge in [-0.2, -0.15) is 0 Å². The monoisotopic (exact) mass is 258 g/mol. The Bertz CT molecular complexity index is 689. The lowest BCUT2D eigenvalue weighted by molar-refractivity contribution is 0.102. The minimum atomic E-state index is -0.388. The number of amides is 1. The number of rotatable bonds is 2. The van der Waals surface area contributed by atoms with E-state index in [4.69, 9.17) is 0 Å². The number of nitrogens with zero attached hydrogens (tertiary/aromatic N) is 1. The second-order valence-corrected chi connectivity index (χ2v) is 4.32. The van der Waals surface area contributed by atoms with E-state index in [0.717, 1.165) is 5.56 Å². The van der Waals surface area contributed by atoms with Gasteiger partial charge < -0.3 is 15.0 Å². The van der Waals surface area contributed by atoms with Crippen LogP contribution in [0.25, 0.3) is 0 Å². The van der Waals surface area contributed by atoms with Gasteiger partial charge in [-0.3, -0.25) is 9.59 Å². The first-order chi connectivity index (χ1) is 8.97. The third kappa shape index (κ3) is 2.82. The van der Waals surface area contributed by atoms with Crippen molar-refractivity contribution in [2.75, 3.05) is 5.32 Å². The lowest BCUT2D eigenvalue weighted by Crippen LogP contribution is -2.19. The number of carbonyl (C=O) groups excluding carboxylic acids is 1. The van der Waals surface area contributed by atoms with Crippen LogP contribution in [0.4, 0.5) is 5.69 Å². The number of hydrogen-bond donors (Lipinski definition) is 2. The first-order valence-electron chi connectivity index (χ1n) is 5.75. The highest BCUT2D eigenvalue weighted by atomic mass is 16.3. The van der Waals surface area contributed by atoms with Gasteiger partial charge in [-0.15, -0.1) is 0 Å². The summed E-state index contributed by atoms with van der Waals surface area (Å²) in [5, 5.41) is 12.2. The van der Waals surface area contributed by atoms with Crippen LogP contribution >= 0.6 is 0 Å². The van der Waals surface area contributed by atoms with E-state index in [-0.39, 0.29) is 22.8 Å². The number of hydrogen-bond acceptors (Lipinski definition) is 3. The molecule has 5 nitrogen and oxygen atoms in total. The summed E-state index contributed by atoms with van der Waals surface area (Å²) in [6.45, 7) is 1.77. The number of aromatic nitrogens is 1. The van der Waals surface area contributed by atoms with E-state index >= 15 is 0 Å². The molecule has 0 unspecified atom stereocenters. The highest BCUT2D eigenvalue weighted by Gasteiger charge is 2.08. The number of aryl methyl sites for hydroxylation is 2. The SMILES string of the molecule is Cc1ccc(NC(=O)c2ccn(C)c(=O)c2)cc1O. The summed E-state index contributed by atoms with van der Waals surface area (Å²) in [5.74, 6) is -0.275. The second-order valence-electron chi connectivity index (χ2n) is 4.32. The highest BCUT2D eigenvalue weighted by molar-refractivity contribution is 6.04. The van der Waals surface area contributed by atoms with Crippen LogP contribution < -0.4 is 10.9 Å². The quantitative estimate of drug-likeness (QED) is 0.860. The van der Waals surface area contributed by atoms with Crippen LogP contribution in [0.2, 0.25) is 0 Å². The van der Waals surface area contributed by atoms with E-state index in [2.05, 4.69) is 5.32 Å². The molecule has 5 heteroatoms. The lowest BCUT2D eigenvalue weighted by Gasteiger charge is -2.07. The molecule has 0 fully saturated rings. The molecule has 0 saturated heterocycles. The predicted octanol–water partition coefficient (Wildman–Crippen LogP) is 1.65. The number of phenols is 1.